The van der Waals surface area contributed by atoms with Gasteiger partial charge in [-0.15, -0.1) is 11.3 Å². The fourth-order valence-electron chi connectivity index (χ4n) is 3.24. The molecule has 0 amide bonds. The van der Waals surface area contributed by atoms with E-state index in [1.807, 2.05) is 11.3 Å². The van der Waals surface area contributed by atoms with Crippen molar-refractivity contribution in [3.05, 3.63) is 51.7 Å². The Labute approximate surface area is 131 Å². The molecule has 1 aromatic carbocycles. The van der Waals surface area contributed by atoms with Crippen molar-refractivity contribution in [2.45, 2.75) is 39.3 Å². The molecule has 0 spiro atoms. The molecule has 1 N–H and O–H groups in total. The maximum Gasteiger partial charge on any atom is 0.0525 e. The van der Waals surface area contributed by atoms with Crippen molar-refractivity contribution in [1.29, 1.82) is 0 Å². The highest BCUT2D eigenvalue weighted by Gasteiger charge is 2.24. The van der Waals surface area contributed by atoms with Crippen LogP contribution >= 0.6 is 11.3 Å². The maximum atomic E-state index is 3.47. The third kappa shape index (κ3) is 2.85. The first-order valence-corrected chi connectivity index (χ1v) is 8.75. The van der Waals surface area contributed by atoms with Crippen LogP contribution in [0.25, 0.3) is 0 Å². The molecule has 0 radical (unpaired) electrons. The number of benzene rings is 1. The molecule has 3 heteroatoms. The Morgan fingerprint density at radius 3 is 2.76 bits per heavy atom. The van der Waals surface area contributed by atoms with Crippen molar-refractivity contribution < 1.29 is 0 Å². The first kappa shape index (κ1) is 14.6. The molecule has 2 atom stereocenters. The molecule has 0 fully saturated rings. The summed E-state index contributed by atoms with van der Waals surface area (Å²) in [4.78, 5) is 4.09. The third-order valence-corrected chi connectivity index (χ3v) is 5.51. The molecule has 2 nitrogen and oxygen atoms in total. The van der Waals surface area contributed by atoms with Gasteiger partial charge in [0.15, 0.2) is 0 Å². The second-order valence-corrected chi connectivity index (χ2v) is 6.79. The van der Waals surface area contributed by atoms with Gasteiger partial charge in [-0.3, -0.25) is 0 Å². The summed E-state index contributed by atoms with van der Waals surface area (Å²) in [7, 11) is 0. The predicted molar refractivity (Wildman–Crippen MR) is 92.3 cm³/mol. The lowest BCUT2D eigenvalue weighted by Gasteiger charge is -2.35. The molecule has 1 aliphatic rings. The summed E-state index contributed by atoms with van der Waals surface area (Å²) in [5, 5.41) is 5.69. The molecule has 2 heterocycles. The van der Waals surface area contributed by atoms with Crippen LogP contribution in [0.15, 0.2) is 35.7 Å². The molecule has 21 heavy (non-hydrogen) atoms. The zero-order valence-corrected chi connectivity index (χ0v) is 13.9. The molecular weight excluding hydrogens is 276 g/mol. The van der Waals surface area contributed by atoms with E-state index in [9.17, 15) is 0 Å². The fraction of sp³-hybridized carbons (Fsp3) is 0.444. The van der Waals surface area contributed by atoms with Crippen LogP contribution in [0.5, 0.6) is 0 Å². The quantitative estimate of drug-likeness (QED) is 0.891. The van der Waals surface area contributed by atoms with Crippen LogP contribution < -0.4 is 10.2 Å². The van der Waals surface area contributed by atoms with Crippen LogP contribution in [0.3, 0.4) is 0 Å². The number of nitrogens with one attached hydrogen (secondary N) is 1. The van der Waals surface area contributed by atoms with Crippen LogP contribution in [0.2, 0.25) is 0 Å². The van der Waals surface area contributed by atoms with Crippen LogP contribution in [-0.4, -0.2) is 13.1 Å². The van der Waals surface area contributed by atoms with E-state index in [2.05, 4.69) is 66.7 Å². The maximum absolute atomic E-state index is 3.47. The zero-order chi connectivity index (χ0) is 14.8. The topological polar surface area (TPSA) is 15.3 Å². The first-order valence-electron chi connectivity index (χ1n) is 7.87. The summed E-state index contributed by atoms with van der Waals surface area (Å²) in [6.07, 6.45) is 1.17. The van der Waals surface area contributed by atoms with Gasteiger partial charge in [-0.25, -0.2) is 0 Å². The van der Waals surface area contributed by atoms with Gasteiger partial charge in [0.05, 0.1) is 6.04 Å². The lowest BCUT2D eigenvalue weighted by Crippen LogP contribution is -2.33. The zero-order valence-electron chi connectivity index (χ0n) is 13.1. The number of hydrogen-bond acceptors (Lipinski definition) is 3. The number of nitrogens with zero attached hydrogens (tertiary/aromatic N) is 1. The minimum absolute atomic E-state index is 0.423. The van der Waals surface area contributed by atoms with Crippen LogP contribution in [0.4, 0.5) is 5.69 Å². The Morgan fingerprint density at radius 1 is 1.29 bits per heavy atom. The molecule has 1 aliphatic heterocycles. The summed E-state index contributed by atoms with van der Waals surface area (Å²) in [6, 6.07) is 12.3. The molecule has 3 rings (SSSR count). The Bertz CT molecular complexity index is 588. The molecular formula is C18H24N2S. The Morgan fingerprint density at radius 2 is 2.05 bits per heavy atom. The summed E-state index contributed by atoms with van der Waals surface area (Å²) in [6.45, 7) is 8.82. The van der Waals surface area contributed by atoms with E-state index in [4.69, 9.17) is 0 Å². The number of thiophene rings is 1. The average Bonchev–Trinajstić information content (AvgIpc) is 2.98. The lowest BCUT2D eigenvalue weighted by atomic mass is 10.00. The van der Waals surface area contributed by atoms with Gasteiger partial charge >= 0.3 is 0 Å². The van der Waals surface area contributed by atoms with Crippen molar-refractivity contribution in [2.24, 2.45) is 0 Å². The Hall–Kier alpha value is -1.32. The molecule has 2 unspecified atom stereocenters. The fourth-order valence-corrected chi connectivity index (χ4v) is 4.20. The molecule has 0 bridgehead atoms. The lowest BCUT2D eigenvalue weighted by molar-refractivity contribution is 0.597. The number of hydrogen-bond donors (Lipinski definition) is 1. The van der Waals surface area contributed by atoms with E-state index in [1.54, 1.807) is 4.88 Å². The molecule has 112 valence electrons. The van der Waals surface area contributed by atoms with E-state index < -0.39 is 0 Å². The smallest absolute Gasteiger partial charge is 0.0525 e. The number of anilines is 1. The minimum Gasteiger partial charge on any atom is -0.364 e. The van der Waals surface area contributed by atoms with E-state index in [-0.39, 0.29) is 0 Å². The largest absolute Gasteiger partial charge is 0.364 e. The Kier molecular flexibility index (Phi) is 4.32. The van der Waals surface area contributed by atoms with Gasteiger partial charge in [0.1, 0.15) is 0 Å². The number of rotatable bonds is 4. The van der Waals surface area contributed by atoms with Gasteiger partial charge in [-0.2, -0.15) is 0 Å². The van der Waals surface area contributed by atoms with Crippen LogP contribution in [0, 0.1) is 0 Å². The standard InChI is InChI=1S/C18H24N2S/c1-4-19-13(2)15-5-7-16(8-6-15)20-11-9-18-17(14(20)3)10-12-21-18/h5-8,10,12-14,19H,4,9,11H2,1-3H3. The van der Waals surface area contributed by atoms with Crippen molar-refractivity contribution in [3.63, 3.8) is 0 Å². The van der Waals surface area contributed by atoms with Gasteiger partial charge in [0.25, 0.3) is 0 Å². The third-order valence-electron chi connectivity index (χ3n) is 4.51. The summed E-state index contributed by atoms with van der Waals surface area (Å²) in [5.74, 6) is 0. The van der Waals surface area contributed by atoms with E-state index in [1.165, 1.54) is 23.2 Å². The first-order chi connectivity index (χ1) is 10.2. The van der Waals surface area contributed by atoms with Gasteiger partial charge in [0, 0.05) is 23.2 Å². The van der Waals surface area contributed by atoms with Crippen LogP contribution in [-0.2, 0) is 6.42 Å². The molecule has 2 aromatic rings. The molecule has 0 saturated carbocycles. The van der Waals surface area contributed by atoms with Gasteiger partial charge < -0.3 is 10.2 Å². The highest BCUT2D eigenvalue weighted by atomic mass is 32.1. The summed E-state index contributed by atoms with van der Waals surface area (Å²) >= 11 is 1.90. The highest BCUT2D eigenvalue weighted by Crippen LogP contribution is 2.36. The monoisotopic (exact) mass is 300 g/mol. The highest BCUT2D eigenvalue weighted by molar-refractivity contribution is 7.10. The van der Waals surface area contributed by atoms with Crippen molar-refractivity contribution in [3.8, 4) is 0 Å². The SMILES string of the molecule is CCNC(C)c1ccc(N2CCc3sccc3C2C)cc1. The second-order valence-electron chi connectivity index (χ2n) is 5.79. The van der Waals surface area contributed by atoms with Crippen molar-refractivity contribution in [2.75, 3.05) is 18.0 Å². The minimum atomic E-state index is 0.423. The molecule has 1 aromatic heterocycles. The second kappa shape index (κ2) is 6.20. The molecule has 0 aliphatic carbocycles. The number of fused-ring (bicyclic) bond motifs is 1. The van der Waals surface area contributed by atoms with E-state index in [0.717, 1.165) is 13.1 Å². The summed E-state index contributed by atoms with van der Waals surface area (Å²) in [5.41, 5.74) is 4.21. The van der Waals surface area contributed by atoms with Crippen molar-refractivity contribution >= 4 is 17.0 Å². The summed E-state index contributed by atoms with van der Waals surface area (Å²) < 4.78 is 0. The molecule has 0 saturated heterocycles. The van der Waals surface area contributed by atoms with E-state index in [0.29, 0.717) is 12.1 Å². The van der Waals surface area contributed by atoms with Crippen molar-refractivity contribution in [1.82, 2.24) is 5.32 Å². The van der Waals surface area contributed by atoms with Crippen LogP contribution in [0.1, 0.15) is 48.9 Å². The van der Waals surface area contributed by atoms with E-state index >= 15 is 0 Å². The van der Waals surface area contributed by atoms with Gasteiger partial charge in [-0.1, -0.05) is 19.1 Å². The average molecular weight is 300 g/mol. The Balaban J connectivity index is 1.79. The van der Waals surface area contributed by atoms with Gasteiger partial charge in [0.2, 0.25) is 0 Å². The normalized spacial score (nSPS) is 19.4. The predicted octanol–water partition coefficient (Wildman–Crippen LogP) is 4.54. The van der Waals surface area contributed by atoms with Gasteiger partial charge in [-0.05, 0) is 61.5 Å².